The molecule has 1 aliphatic heterocycles. The quantitative estimate of drug-likeness (QED) is 0.853. The topological polar surface area (TPSA) is 41.0 Å². The summed E-state index contributed by atoms with van der Waals surface area (Å²) < 4.78 is 3.88. The number of aromatic nitrogens is 2. The number of rotatable bonds is 2. The summed E-state index contributed by atoms with van der Waals surface area (Å²) in [6, 6.07) is 1.14. The van der Waals surface area contributed by atoms with Gasteiger partial charge in [-0.1, -0.05) is 4.49 Å². The molecule has 1 aromatic heterocycles. The zero-order valence-electron chi connectivity index (χ0n) is 9.01. The molecule has 1 aromatic rings. The minimum absolute atomic E-state index is 0. The van der Waals surface area contributed by atoms with Crippen LogP contribution < -0.4 is 5.32 Å². The average Bonchev–Trinajstić information content (AvgIpc) is 2.66. The SMILES string of the molecule is CC1NCCN(Cc2csnn2)C1C.Cl. The fourth-order valence-corrected chi connectivity index (χ4v) is 2.25. The Morgan fingerprint density at radius 1 is 1.60 bits per heavy atom. The summed E-state index contributed by atoms with van der Waals surface area (Å²) in [5.41, 5.74) is 1.09. The second kappa shape index (κ2) is 5.75. The van der Waals surface area contributed by atoms with Crippen LogP contribution in [0.2, 0.25) is 0 Å². The minimum atomic E-state index is 0. The van der Waals surface area contributed by atoms with E-state index in [9.17, 15) is 0 Å². The van der Waals surface area contributed by atoms with Gasteiger partial charge >= 0.3 is 0 Å². The van der Waals surface area contributed by atoms with Crippen molar-refractivity contribution in [1.29, 1.82) is 0 Å². The third-order valence-corrected chi connectivity index (χ3v) is 3.49. The fraction of sp³-hybridized carbons (Fsp3) is 0.778. The Kier molecular flexibility index (Phi) is 4.92. The van der Waals surface area contributed by atoms with Crippen LogP contribution in [0.5, 0.6) is 0 Å². The Hall–Kier alpha value is -0.230. The highest BCUT2D eigenvalue weighted by Gasteiger charge is 2.24. The van der Waals surface area contributed by atoms with Gasteiger partial charge in [0.25, 0.3) is 0 Å². The Balaban J connectivity index is 0.00000112. The molecule has 2 unspecified atom stereocenters. The van der Waals surface area contributed by atoms with Crippen molar-refractivity contribution in [3.63, 3.8) is 0 Å². The molecule has 1 N–H and O–H groups in total. The molecule has 0 aromatic carbocycles. The Labute approximate surface area is 101 Å². The van der Waals surface area contributed by atoms with Gasteiger partial charge in [0.05, 0.1) is 5.69 Å². The summed E-state index contributed by atoms with van der Waals surface area (Å²) in [4.78, 5) is 2.46. The predicted molar refractivity (Wildman–Crippen MR) is 64.5 cm³/mol. The molecule has 0 radical (unpaired) electrons. The number of piperazine rings is 1. The van der Waals surface area contributed by atoms with Crippen molar-refractivity contribution in [2.24, 2.45) is 0 Å². The lowest BCUT2D eigenvalue weighted by atomic mass is 10.1. The summed E-state index contributed by atoms with van der Waals surface area (Å²) in [7, 11) is 0. The van der Waals surface area contributed by atoms with Gasteiger partial charge in [0, 0.05) is 37.1 Å². The van der Waals surface area contributed by atoms with Gasteiger partial charge in [-0.25, -0.2) is 0 Å². The summed E-state index contributed by atoms with van der Waals surface area (Å²) in [6.07, 6.45) is 0. The molecular formula is C9H17ClN4S. The number of nitrogens with one attached hydrogen (secondary N) is 1. The van der Waals surface area contributed by atoms with Crippen molar-refractivity contribution in [1.82, 2.24) is 19.8 Å². The number of nitrogens with zero attached hydrogens (tertiary/aromatic N) is 3. The number of hydrogen-bond donors (Lipinski definition) is 1. The molecule has 2 atom stereocenters. The van der Waals surface area contributed by atoms with Crippen LogP contribution in [0.3, 0.4) is 0 Å². The van der Waals surface area contributed by atoms with E-state index in [-0.39, 0.29) is 12.4 Å². The van der Waals surface area contributed by atoms with Gasteiger partial charge in [0.2, 0.25) is 0 Å². The molecule has 0 bridgehead atoms. The van der Waals surface area contributed by atoms with E-state index >= 15 is 0 Å². The van der Waals surface area contributed by atoms with Crippen LogP contribution in [0.1, 0.15) is 19.5 Å². The first-order chi connectivity index (χ1) is 6.77. The zero-order valence-corrected chi connectivity index (χ0v) is 10.6. The minimum Gasteiger partial charge on any atom is -0.311 e. The van der Waals surface area contributed by atoms with Crippen LogP contribution in [0.15, 0.2) is 5.38 Å². The van der Waals surface area contributed by atoms with Gasteiger partial charge < -0.3 is 5.32 Å². The van der Waals surface area contributed by atoms with E-state index in [1.54, 1.807) is 0 Å². The molecule has 0 spiro atoms. The Morgan fingerprint density at radius 2 is 2.40 bits per heavy atom. The van der Waals surface area contributed by atoms with E-state index in [0.717, 1.165) is 25.3 Å². The van der Waals surface area contributed by atoms with Gasteiger partial charge in [-0.05, 0) is 25.4 Å². The van der Waals surface area contributed by atoms with Crippen molar-refractivity contribution in [3.8, 4) is 0 Å². The van der Waals surface area contributed by atoms with E-state index in [0.29, 0.717) is 12.1 Å². The smallest absolute Gasteiger partial charge is 0.0895 e. The maximum absolute atomic E-state index is 4.08. The first-order valence-electron chi connectivity index (χ1n) is 5.01. The van der Waals surface area contributed by atoms with Crippen molar-refractivity contribution in [2.75, 3.05) is 13.1 Å². The van der Waals surface area contributed by atoms with Crippen molar-refractivity contribution >= 4 is 23.9 Å². The zero-order chi connectivity index (χ0) is 9.97. The molecule has 2 rings (SSSR count). The maximum atomic E-state index is 4.08. The Morgan fingerprint density at radius 3 is 3.07 bits per heavy atom. The van der Waals surface area contributed by atoms with Crippen LogP contribution in [0.4, 0.5) is 0 Å². The highest BCUT2D eigenvalue weighted by molar-refractivity contribution is 7.03. The van der Waals surface area contributed by atoms with E-state index in [1.165, 1.54) is 11.5 Å². The predicted octanol–water partition coefficient (Wildman–Crippen LogP) is 1.14. The molecule has 4 nitrogen and oxygen atoms in total. The third kappa shape index (κ3) is 3.11. The summed E-state index contributed by atoms with van der Waals surface area (Å²) in [5.74, 6) is 0. The summed E-state index contributed by atoms with van der Waals surface area (Å²) in [5, 5.41) is 9.57. The van der Waals surface area contributed by atoms with E-state index in [1.807, 2.05) is 5.38 Å². The standard InChI is InChI=1S/C9H16N4S.ClH/c1-7-8(2)13(4-3-10-7)5-9-6-14-12-11-9;/h6-8,10H,3-5H2,1-2H3;1H. The molecule has 86 valence electrons. The second-order valence-electron chi connectivity index (χ2n) is 3.85. The highest BCUT2D eigenvalue weighted by atomic mass is 35.5. The van der Waals surface area contributed by atoms with Crippen LogP contribution in [-0.4, -0.2) is 39.7 Å². The molecule has 0 amide bonds. The molecule has 2 heterocycles. The van der Waals surface area contributed by atoms with Crippen LogP contribution in [-0.2, 0) is 6.54 Å². The van der Waals surface area contributed by atoms with Gasteiger partial charge in [-0.3, -0.25) is 4.90 Å². The lowest BCUT2D eigenvalue weighted by Crippen LogP contribution is -2.54. The van der Waals surface area contributed by atoms with Crippen LogP contribution in [0, 0.1) is 0 Å². The van der Waals surface area contributed by atoms with E-state index < -0.39 is 0 Å². The Bertz CT molecular complexity index is 280. The van der Waals surface area contributed by atoms with Crippen molar-refractivity contribution in [3.05, 3.63) is 11.1 Å². The molecule has 1 aliphatic rings. The third-order valence-electron chi connectivity index (χ3n) is 2.94. The van der Waals surface area contributed by atoms with E-state index in [2.05, 4.69) is 33.7 Å². The average molecular weight is 249 g/mol. The molecule has 1 fully saturated rings. The molecular weight excluding hydrogens is 232 g/mol. The highest BCUT2D eigenvalue weighted by Crippen LogP contribution is 2.12. The van der Waals surface area contributed by atoms with Crippen LogP contribution >= 0.6 is 23.9 Å². The monoisotopic (exact) mass is 248 g/mol. The molecule has 0 saturated carbocycles. The summed E-state index contributed by atoms with van der Waals surface area (Å²) in [6.45, 7) is 7.60. The van der Waals surface area contributed by atoms with E-state index in [4.69, 9.17) is 0 Å². The lowest BCUT2D eigenvalue weighted by Gasteiger charge is -2.38. The summed E-state index contributed by atoms with van der Waals surface area (Å²) >= 11 is 1.43. The van der Waals surface area contributed by atoms with Gasteiger partial charge in [0.15, 0.2) is 0 Å². The first-order valence-corrected chi connectivity index (χ1v) is 5.84. The molecule has 1 saturated heterocycles. The lowest BCUT2D eigenvalue weighted by molar-refractivity contribution is 0.129. The van der Waals surface area contributed by atoms with Gasteiger partial charge in [-0.2, -0.15) is 0 Å². The number of hydrogen-bond acceptors (Lipinski definition) is 5. The van der Waals surface area contributed by atoms with Crippen molar-refractivity contribution in [2.45, 2.75) is 32.5 Å². The molecule has 15 heavy (non-hydrogen) atoms. The van der Waals surface area contributed by atoms with Crippen molar-refractivity contribution < 1.29 is 0 Å². The maximum Gasteiger partial charge on any atom is 0.0895 e. The van der Waals surface area contributed by atoms with Gasteiger partial charge in [0.1, 0.15) is 0 Å². The molecule has 0 aliphatic carbocycles. The first kappa shape index (κ1) is 12.8. The molecule has 6 heteroatoms. The van der Waals surface area contributed by atoms with Crippen LogP contribution in [0.25, 0.3) is 0 Å². The fourth-order valence-electron chi connectivity index (χ4n) is 1.81. The van der Waals surface area contributed by atoms with Gasteiger partial charge in [-0.15, -0.1) is 17.5 Å². The normalized spacial score (nSPS) is 27.3. The number of halogens is 1. The second-order valence-corrected chi connectivity index (χ2v) is 4.46. The largest absolute Gasteiger partial charge is 0.311 e.